The lowest BCUT2D eigenvalue weighted by atomic mass is 9.64. The fourth-order valence-electron chi connectivity index (χ4n) is 3.66. The van der Waals surface area contributed by atoms with Crippen LogP contribution >= 0.6 is 0 Å². The molecule has 0 saturated heterocycles. The maximum atomic E-state index is 12.3. The number of ketones is 1. The van der Waals surface area contributed by atoms with Gasteiger partial charge in [-0.25, -0.2) is 0 Å². The second kappa shape index (κ2) is 2.92. The van der Waals surface area contributed by atoms with Crippen LogP contribution in [0.4, 0.5) is 5.69 Å². The molecule has 1 aromatic carbocycles. The molecule has 0 atom stereocenters. The van der Waals surface area contributed by atoms with Gasteiger partial charge >= 0.3 is 0 Å². The number of hydrogen-bond donors (Lipinski definition) is 1. The minimum absolute atomic E-state index is 0.117. The van der Waals surface area contributed by atoms with Crippen molar-refractivity contribution in [3.8, 4) is 0 Å². The summed E-state index contributed by atoms with van der Waals surface area (Å²) in [6, 6.07) is 4.19. The second-order valence-corrected chi connectivity index (χ2v) is 5.95. The van der Waals surface area contributed by atoms with Crippen LogP contribution in [0.3, 0.4) is 0 Å². The smallest absolute Gasteiger partial charge is 0.147 e. The van der Waals surface area contributed by atoms with Crippen LogP contribution in [0.15, 0.2) is 12.1 Å². The first-order valence-corrected chi connectivity index (χ1v) is 6.67. The fraction of sp³-hybridized carbons (Fsp3) is 0.533. The Morgan fingerprint density at radius 2 is 2.00 bits per heavy atom. The third-order valence-corrected chi connectivity index (χ3v) is 4.92. The fourth-order valence-corrected chi connectivity index (χ4v) is 3.66. The van der Waals surface area contributed by atoms with Crippen molar-refractivity contribution in [2.45, 2.75) is 49.9 Å². The summed E-state index contributed by atoms with van der Waals surface area (Å²) in [6.45, 7) is 0. The molecule has 3 aliphatic rings. The minimum atomic E-state index is -0.117. The molecule has 2 saturated carbocycles. The number of hydrogen-bond acceptors (Lipinski definition) is 2. The number of carbonyl (C=O) groups excluding carboxylic acids is 1. The molecule has 2 N–H and O–H groups in total. The number of rotatable bonds is 1. The van der Waals surface area contributed by atoms with Gasteiger partial charge in [-0.1, -0.05) is 6.42 Å². The monoisotopic (exact) mass is 227 g/mol. The average molecular weight is 227 g/mol. The van der Waals surface area contributed by atoms with Crippen LogP contribution in [0, 0.1) is 0 Å². The van der Waals surface area contributed by atoms with Crippen molar-refractivity contribution in [2.75, 3.05) is 5.73 Å². The Morgan fingerprint density at radius 1 is 1.24 bits per heavy atom. The lowest BCUT2D eigenvalue weighted by Crippen LogP contribution is -2.39. The van der Waals surface area contributed by atoms with E-state index in [1.54, 1.807) is 0 Å². The lowest BCUT2D eigenvalue weighted by molar-refractivity contribution is -0.125. The van der Waals surface area contributed by atoms with E-state index in [0.29, 0.717) is 18.1 Å². The van der Waals surface area contributed by atoms with Crippen LogP contribution in [0.1, 0.15) is 54.7 Å². The predicted molar refractivity (Wildman–Crippen MR) is 67.1 cm³/mol. The van der Waals surface area contributed by atoms with E-state index in [-0.39, 0.29) is 5.41 Å². The summed E-state index contributed by atoms with van der Waals surface area (Å²) in [5.41, 5.74) is 10.8. The van der Waals surface area contributed by atoms with Gasteiger partial charge in [0.05, 0.1) is 5.41 Å². The third-order valence-electron chi connectivity index (χ3n) is 4.92. The van der Waals surface area contributed by atoms with Gasteiger partial charge in [0.15, 0.2) is 0 Å². The molecule has 2 heteroatoms. The van der Waals surface area contributed by atoms with Crippen molar-refractivity contribution < 1.29 is 4.79 Å². The Hall–Kier alpha value is -1.31. The predicted octanol–water partition coefficient (Wildman–Crippen LogP) is 2.69. The molecule has 3 aliphatic carbocycles. The van der Waals surface area contributed by atoms with Crippen LogP contribution in [0.2, 0.25) is 0 Å². The quantitative estimate of drug-likeness (QED) is 0.749. The average Bonchev–Trinajstić information content (AvgIpc) is 2.99. The van der Waals surface area contributed by atoms with Crippen molar-refractivity contribution in [3.63, 3.8) is 0 Å². The molecule has 0 amide bonds. The number of fused-ring (bicyclic) bond motifs is 2. The topological polar surface area (TPSA) is 43.1 Å². The molecule has 17 heavy (non-hydrogen) atoms. The van der Waals surface area contributed by atoms with Crippen molar-refractivity contribution in [1.82, 2.24) is 0 Å². The second-order valence-electron chi connectivity index (χ2n) is 5.95. The van der Waals surface area contributed by atoms with Crippen molar-refractivity contribution in [3.05, 3.63) is 28.8 Å². The van der Waals surface area contributed by atoms with E-state index in [9.17, 15) is 4.79 Å². The Kier molecular flexibility index (Phi) is 1.67. The molecule has 0 aromatic heterocycles. The van der Waals surface area contributed by atoms with E-state index < -0.39 is 0 Å². The summed E-state index contributed by atoms with van der Waals surface area (Å²) >= 11 is 0. The first kappa shape index (κ1) is 9.69. The van der Waals surface area contributed by atoms with E-state index in [2.05, 4.69) is 12.1 Å². The molecule has 0 unspecified atom stereocenters. The highest BCUT2D eigenvalue weighted by Crippen LogP contribution is 2.54. The zero-order valence-corrected chi connectivity index (χ0v) is 9.96. The standard InChI is InChI=1S/C15H17NO/c16-10-6-11(9-2-3-9)12-8-14(17)15(4-1-5-15)13(12)7-10/h6-7,9H,1-5,8,16H2. The third kappa shape index (κ3) is 1.13. The Bertz CT molecular complexity index is 524. The Morgan fingerprint density at radius 3 is 2.59 bits per heavy atom. The van der Waals surface area contributed by atoms with Gasteiger partial charge < -0.3 is 5.73 Å². The first-order valence-electron chi connectivity index (χ1n) is 6.67. The van der Waals surface area contributed by atoms with Gasteiger partial charge in [0, 0.05) is 12.1 Å². The van der Waals surface area contributed by atoms with Crippen LogP contribution in [-0.2, 0) is 16.6 Å². The molecular formula is C15H17NO. The molecule has 2 nitrogen and oxygen atoms in total. The van der Waals surface area contributed by atoms with E-state index in [1.165, 1.54) is 36.0 Å². The molecule has 4 rings (SSSR count). The minimum Gasteiger partial charge on any atom is -0.399 e. The summed E-state index contributed by atoms with van der Waals surface area (Å²) in [4.78, 5) is 12.3. The summed E-state index contributed by atoms with van der Waals surface area (Å²) in [6.07, 6.45) is 6.51. The molecule has 0 aliphatic heterocycles. The molecule has 1 spiro atoms. The summed E-state index contributed by atoms with van der Waals surface area (Å²) < 4.78 is 0. The largest absolute Gasteiger partial charge is 0.399 e. The normalized spacial score (nSPS) is 24.8. The molecule has 2 fully saturated rings. The van der Waals surface area contributed by atoms with E-state index in [4.69, 9.17) is 5.73 Å². The molecular weight excluding hydrogens is 210 g/mol. The van der Waals surface area contributed by atoms with Gasteiger partial charge in [0.2, 0.25) is 0 Å². The Labute approximate surface area is 101 Å². The molecule has 0 bridgehead atoms. The molecule has 0 radical (unpaired) electrons. The maximum absolute atomic E-state index is 12.3. The van der Waals surface area contributed by atoms with Crippen molar-refractivity contribution >= 4 is 11.5 Å². The first-order chi connectivity index (χ1) is 8.21. The number of carbonyl (C=O) groups is 1. The van der Waals surface area contributed by atoms with Gasteiger partial charge in [-0.3, -0.25) is 4.79 Å². The number of nitrogens with two attached hydrogens (primary N) is 1. The van der Waals surface area contributed by atoms with E-state index >= 15 is 0 Å². The van der Waals surface area contributed by atoms with Crippen molar-refractivity contribution in [1.29, 1.82) is 0 Å². The Balaban J connectivity index is 1.94. The maximum Gasteiger partial charge on any atom is 0.147 e. The van der Waals surface area contributed by atoms with E-state index in [0.717, 1.165) is 18.5 Å². The molecule has 0 heterocycles. The van der Waals surface area contributed by atoms with Crippen LogP contribution in [0.25, 0.3) is 0 Å². The zero-order chi connectivity index (χ0) is 11.6. The highest BCUT2D eigenvalue weighted by atomic mass is 16.1. The zero-order valence-electron chi connectivity index (χ0n) is 9.96. The molecule has 88 valence electrons. The highest BCUT2D eigenvalue weighted by molar-refractivity contribution is 5.98. The van der Waals surface area contributed by atoms with Crippen LogP contribution in [0.5, 0.6) is 0 Å². The van der Waals surface area contributed by atoms with Crippen LogP contribution < -0.4 is 5.73 Å². The van der Waals surface area contributed by atoms with E-state index in [1.807, 2.05) is 0 Å². The van der Waals surface area contributed by atoms with Crippen molar-refractivity contribution in [2.24, 2.45) is 0 Å². The molecule has 1 aromatic rings. The number of benzene rings is 1. The van der Waals surface area contributed by atoms with Crippen LogP contribution in [-0.4, -0.2) is 5.78 Å². The number of nitrogen functional groups attached to an aromatic ring is 1. The van der Waals surface area contributed by atoms with Gasteiger partial charge in [0.25, 0.3) is 0 Å². The van der Waals surface area contributed by atoms with Gasteiger partial charge in [-0.05, 0) is 60.4 Å². The summed E-state index contributed by atoms with van der Waals surface area (Å²) in [5.74, 6) is 1.14. The summed E-state index contributed by atoms with van der Waals surface area (Å²) in [5, 5.41) is 0. The van der Waals surface area contributed by atoms with Gasteiger partial charge in [-0.15, -0.1) is 0 Å². The van der Waals surface area contributed by atoms with Gasteiger partial charge in [-0.2, -0.15) is 0 Å². The lowest BCUT2D eigenvalue weighted by Gasteiger charge is -2.37. The number of Topliss-reactive ketones (excluding diaryl/α,β-unsaturated/α-hetero) is 1. The highest BCUT2D eigenvalue weighted by Gasteiger charge is 2.51. The summed E-state index contributed by atoms with van der Waals surface area (Å²) in [7, 11) is 0. The van der Waals surface area contributed by atoms with Gasteiger partial charge in [0.1, 0.15) is 5.78 Å². The number of anilines is 1. The SMILES string of the molecule is Nc1cc(C2CC2)c2c(c1)C1(CCC1)C(=O)C2.